The molecule has 0 aliphatic carbocycles. The number of rotatable bonds is 4. The maximum Gasteiger partial charge on any atom is 0.416 e. The average Bonchev–Trinajstić information content (AvgIpc) is 3.07. The number of anilines is 1. The van der Waals surface area contributed by atoms with E-state index < -0.39 is 11.7 Å². The molecule has 1 aromatic carbocycles. The summed E-state index contributed by atoms with van der Waals surface area (Å²) in [4.78, 5) is 8.38. The summed E-state index contributed by atoms with van der Waals surface area (Å²) in [6.45, 7) is 0.536. The second-order valence-corrected chi connectivity index (χ2v) is 7.02. The standard InChI is InChI=1S/C20H14BrF3N4/c21-18-11-27-19-17(26-10-13-4-6-25-7-5-13)9-15(12-28(18)19)14-2-1-3-16(8-14)20(22,23)24/h1-9,11-12,26H,10H2. The van der Waals surface area contributed by atoms with Gasteiger partial charge in [-0.25, -0.2) is 4.98 Å². The van der Waals surface area contributed by atoms with Gasteiger partial charge in [0.25, 0.3) is 0 Å². The molecule has 0 saturated carbocycles. The van der Waals surface area contributed by atoms with Gasteiger partial charge in [0, 0.05) is 30.7 Å². The van der Waals surface area contributed by atoms with Gasteiger partial charge in [-0.3, -0.25) is 9.38 Å². The number of nitrogens with one attached hydrogen (secondary N) is 1. The first-order valence-corrected chi connectivity index (χ1v) is 9.18. The second-order valence-electron chi connectivity index (χ2n) is 6.20. The molecule has 4 rings (SSSR count). The molecular weight excluding hydrogens is 433 g/mol. The molecule has 0 amide bonds. The fourth-order valence-electron chi connectivity index (χ4n) is 2.92. The first-order chi connectivity index (χ1) is 13.4. The molecule has 0 fully saturated rings. The summed E-state index contributed by atoms with van der Waals surface area (Å²) in [5, 5.41) is 3.32. The molecule has 8 heteroatoms. The van der Waals surface area contributed by atoms with Crippen molar-refractivity contribution in [2.45, 2.75) is 12.7 Å². The summed E-state index contributed by atoms with van der Waals surface area (Å²) >= 11 is 3.43. The molecule has 0 saturated heterocycles. The summed E-state index contributed by atoms with van der Waals surface area (Å²) in [6, 6.07) is 10.9. The zero-order valence-corrected chi connectivity index (χ0v) is 16.0. The Kier molecular flexibility index (Phi) is 4.80. The minimum atomic E-state index is -4.39. The molecule has 0 atom stereocenters. The summed E-state index contributed by atoms with van der Waals surface area (Å²) in [7, 11) is 0. The van der Waals surface area contributed by atoms with Crippen molar-refractivity contribution in [3.63, 3.8) is 0 Å². The molecule has 0 aliphatic rings. The number of halogens is 4. The van der Waals surface area contributed by atoms with Crippen molar-refractivity contribution in [2.75, 3.05) is 5.32 Å². The molecule has 4 nitrogen and oxygen atoms in total. The molecule has 142 valence electrons. The molecule has 3 aromatic heterocycles. The Morgan fingerprint density at radius 1 is 1.04 bits per heavy atom. The predicted molar refractivity (Wildman–Crippen MR) is 105 cm³/mol. The molecule has 4 aromatic rings. The quantitative estimate of drug-likeness (QED) is 0.431. The Bertz CT molecular complexity index is 1120. The van der Waals surface area contributed by atoms with Crippen LogP contribution in [0.5, 0.6) is 0 Å². The SMILES string of the molecule is FC(F)(F)c1cccc(-c2cc(NCc3ccncc3)c3ncc(Br)n3c2)c1. The van der Waals surface area contributed by atoms with Gasteiger partial charge in [-0.1, -0.05) is 12.1 Å². The van der Waals surface area contributed by atoms with E-state index in [2.05, 4.69) is 31.2 Å². The average molecular weight is 447 g/mol. The van der Waals surface area contributed by atoms with Gasteiger partial charge in [0.15, 0.2) is 5.65 Å². The van der Waals surface area contributed by atoms with Crippen LogP contribution < -0.4 is 5.32 Å². The Morgan fingerprint density at radius 2 is 1.82 bits per heavy atom. The van der Waals surface area contributed by atoms with Crippen molar-refractivity contribution in [1.29, 1.82) is 0 Å². The van der Waals surface area contributed by atoms with Crippen molar-refractivity contribution in [3.8, 4) is 11.1 Å². The van der Waals surface area contributed by atoms with Gasteiger partial charge in [0.2, 0.25) is 0 Å². The van der Waals surface area contributed by atoms with Gasteiger partial charge in [-0.15, -0.1) is 0 Å². The highest BCUT2D eigenvalue weighted by Crippen LogP contribution is 2.34. The highest BCUT2D eigenvalue weighted by atomic mass is 79.9. The van der Waals surface area contributed by atoms with Crippen LogP contribution in [0.25, 0.3) is 16.8 Å². The molecule has 3 heterocycles. The Hall–Kier alpha value is -2.87. The third-order valence-electron chi connectivity index (χ3n) is 4.32. The first kappa shape index (κ1) is 18.5. The van der Waals surface area contributed by atoms with E-state index in [4.69, 9.17) is 0 Å². The zero-order chi connectivity index (χ0) is 19.7. The highest BCUT2D eigenvalue weighted by Gasteiger charge is 2.30. The second kappa shape index (κ2) is 7.27. The van der Waals surface area contributed by atoms with E-state index in [0.29, 0.717) is 27.9 Å². The lowest BCUT2D eigenvalue weighted by Gasteiger charge is -2.13. The van der Waals surface area contributed by atoms with Gasteiger partial charge >= 0.3 is 6.18 Å². The van der Waals surface area contributed by atoms with Crippen LogP contribution in [0.15, 0.2) is 71.9 Å². The summed E-state index contributed by atoms with van der Waals surface area (Å²) in [5.41, 5.74) is 2.87. The van der Waals surface area contributed by atoms with Crippen LogP contribution in [-0.2, 0) is 12.7 Å². The number of alkyl halides is 3. The van der Waals surface area contributed by atoms with E-state index in [-0.39, 0.29) is 0 Å². The van der Waals surface area contributed by atoms with Gasteiger partial charge in [-0.2, -0.15) is 13.2 Å². The van der Waals surface area contributed by atoms with Crippen molar-refractivity contribution in [2.24, 2.45) is 0 Å². The number of nitrogens with zero attached hydrogens (tertiary/aromatic N) is 3. The van der Waals surface area contributed by atoms with Gasteiger partial charge < -0.3 is 5.32 Å². The van der Waals surface area contributed by atoms with Crippen LogP contribution in [0.1, 0.15) is 11.1 Å². The topological polar surface area (TPSA) is 42.2 Å². The van der Waals surface area contributed by atoms with Crippen LogP contribution in [0.2, 0.25) is 0 Å². The van der Waals surface area contributed by atoms with Crippen molar-refractivity contribution >= 4 is 27.3 Å². The number of imidazole rings is 1. The Labute approximate surface area is 167 Å². The first-order valence-electron chi connectivity index (χ1n) is 8.39. The summed E-state index contributed by atoms with van der Waals surface area (Å²) in [5.74, 6) is 0. The van der Waals surface area contributed by atoms with E-state index in [9.17, 15) is 13.2 Å². The van der Waals surface area contributed by atoms with Crippen molar-refractivity contribution in [3.05, 3.63) is 83.0 Å². The largest absolute Gasteiger partial charge is 0.416 e. The van der Waals surface area contributed by atoms with Gasteiger partial charge in [0.1, 0.15) is 4.60 Å². The van der Waals surface area contributed by atoms with E-state index in [1.54, 1.807) is 35.3 Å². The van der Waals surface area contributed by atoms with Crippen LogP contribution in [0, 0.1) is 0 Å². The molecule has 0 bridgehead atoms. The van der Waals surface area contributed by atoms with E-state index in [1.165, 1.54) is 6.07 Å². The van der Waals surface area contributed by atoms with Gasteiger partial charge in [0.05, 0.1) is 17.4 Å². The van der Waals surface area contributed by atoms with Crippen molar-refractivity contribution in [1.82, 2.24) is 14.4 Å². The molecule has 1 N–H and O–H groups in total. The smallest absolute Gasteiger partial charge is 0.378 e. The van der Waals surface area contributed by atoms with E-state index in [1.807, 2.05) is 18.2 Å². The zero-order valence-electron chi connectivity index (χ0n) is 14.4. The Balaban J connectivity index is 1.76. The summed E-state index contributed by atoms with van der Waals surface area (Å²) in [6.07, 6.45) is 2.44. The number of hydrogen-bond donors (Lipinski definition) is 1. The summed E-state index contributed by atoms with van der Waals surface area (Å²) < 4.78 is 41.8. The minimum absolute atomic E-state index is 0.476. The van der Waals surface area contributed by atoms with E-state index >= 15 is 0 Å². The Morgan fingerprint density at radius 3 is 2.57 bits per heavy atom. The molecule has 0 spiro atoms. The normalized spacial score (nSPS) is 11.7. The number of benzene rings is 1. The maximum absolute atomic E-state index is 13.1. The van der Waals surface area contributed by atoms with Crippen LogP contribution >= 0.6 is 15.9 Å². The van der Waals surface area contributed by atoms with Crippen molar-refractivity contribution < 1.29 is 13.2 Å². The van der Waals surface area contributed by atoms with Crippen LogP contribution in [0.4, 0.5) is 18.9 Å². The van der Waals surface area contributed by atoms with Crippen LogP contribution in [0.3, 0.4) is 0 Å². The fourth-order valence-corrected chi connectivity index (χ4v) is 3.29. The molecular formula is C20H14BrF3N4. The third-order valence-corrected chi connectivity index (χ3v) is 4.90. The van der Waals surface area contributed by atoms with Gasteiger partial charge in [-0.05, 0) is 57.4 Å². The number of fused-ring (bicyclic) bond motifs is 1. The third kappa shape index (κ3) is 3.73. The number of pyridine rings is 2. The molecule has 0 unspecified atom stereocenters. The predicted octanol–water partition coefficient (Wildman–Crippen LogP) is 5.79. The number of hydrogen-bond acceptors (Lipinski definition) is 3. The van der Waals surface area contributed by atoms with Crippen LogP contribution in [-0.4, -0.2) is 14.4 Å². The molecule has 0 radical (unpaired) electrons. The lowest BCUT2D eigenvalue weighted by atomic mass is 10.0. The maximum atomic E-state index is 13.1. The number of aromatic nitrogens is 3. The monoisotopic (exact) mass is 446 g/mol. The lowest BCUT2D eigenvalue weighted by Crippen LogP contribution is -2.05. The fraction of sp³-hybridized carbons (Fsp3) is 0.100. The van der Waals surface area contributed by atoms with E-state index in [0.717, 1.165) is 23.4 Å². The lowest BCUT2D eigenvalue weighted by molar-refractivity contribution is -0.137. The molecule has 28 heavy (non-hydrogen) atoms. The molecule has 0 aliphatic heterocycles. The highest BCUT2D eigenvalue weighted by molar-refractivity contribution is 9.10. The minimum Gasteiger partial charge on any atom is -0.378 e.